The predicted octanol–water partition coefficient (Wildman–Crippen LogP) is 1.98. The Balaban J connectivity index is 2.28. The van der Waals surface area contributed by atoms with Crippen molar-refractivity contribution in [2.75, 3.05) is 26.8 Å². The zero-order valence-electron chi connectivity index (χ0n) is 11.3. The molecule has 21 heavy (non-hydrogen) atoms. The molecular formula is C13H14F2N2O4. The van der Waals surface area contributed by atoms with Gasteiger partial charge in [0.25, 0.3) is 5.91 Å². The highest BCUT2D eigenvalue weighted by molar-refractivity contribution is 5.95. The van der Waals surface area contributed by atoms with Crippen LogP contribution in [0.4, 0.5) is 14.5 Å². The fourth-order valence-corrected chi connectivity index (χ4v) is 2.43. The molecule has 0 saturated carbocycles. The van der Waals surface area contributed by atoms with Crippen LogP contribution in [0.3, 0.4) is 0 Å². The molecule has 1 saturated heterocycles. The van der Waals surface area contributed by atoms with Gasteiger partial charge in [-0.3, -0.25) is 14.9 Å². The third-order valence-corrected chi connectivity index (χ3v) is 3.46. The quantitative estimate of drug-likeness (QED) is 0.629. The lowest BCUT2D eigenvalue weighted by atomic mass is 10.1. The molecule has 1 heterocycles. The van der Waals surface area contributed by atoms with E-state index in [-0.39, 0.29) is 5.92 Å². The molecule has 2 rings (SSSR count). The van der Waals surface area contributed by atoms with Gasteiger partial charge >= 0.3 is 5.69 Å². The zero-order chi connectivity index (χ0) is 15.6. The van der Waals surface area contributed by atoms with E-state index in [1.54, 1.807) is 0 Å². The van der Waals surface area contributed by atoms with E-state index in [9.17, 15) is 23.7 Å². The highest BCUT2D eigenvalue weighted by atomic mass is 19.1. The van der Waals surface area contributed by atoms with Gasteiger partial charge in [0.05, 0.1) is 11.5 Å². The molecule has 1 aliphatic heterocycles. The van der Waals surface area contributed by atoms with Gasteiger partial charge in [0.2, 0.25) is 5.82 Å². The van der Waals surface area contributed by atoms with Gasteiger partial charge in [-0.05, 0) is 12.5 Å². The Bertz CT molecular complexity index is 580. The van der Waals surface area contributed by atoms with Crippen LogP contribution in [0.25, 0.3) is 0 Å². The van der Waals surface area contributed by atoms with E-state index in [1.165, 1.54) is 12.0 Å². The first-order valence-corrected chi connectivity index (χ1v) is 6.36. The fourth-order valence-electron chi connectivity index (χ4n) is 2.43. The average molecular weight is 300 g/mol. The van der Waals surface area contributed by atoms with Gasteiger partial charge in [0, 0.05) is 32.2 Å². The van der Waals surface area contributed by atoms with E-state index in [1.807, 2.05) is 0 Å². The van der Waals surface area contributed by atoms with E-state index < -0.39 is 33.7 Å². The summed E-state index contributed by atoms with van der Waals surface area (Å²) in [5.74, 6) is -3.30. The Labute approximate surface area is 119 Å². The lowest BCUT2D eigenvalue weighted by Gasteiger charge is -2.17. The van der Waals surface area contributed by atoms with Crippen LogP contribution in [0.2, 0.25) is 0 Å². The minimum Gasteiger partial charge on any atom is -0.384 e. The first-order valence-electron chi connectivity index (χ1n) is 6.36. The van der Waals surface area contributed by atoms with Gasteiger partial charge in [-0.1, -0.05) is 0 Å². The number of carbonyl (C=O) groups excluding carboxylic acids is 1. The molecule has 0 spiro atoms. The van der Waals surface area contributed by atoms with Crippen LogP contribution in [0.5, 0.6) is 0 Å². The van der Waals surface area contributed by atoms with Crippen molar-refractivity contribution in [3.8, 4) is 0 Å². The van der Waals surface area contributed by atoms with Gasteiger partial charge in [-0.25, -0.2) is 4.39 Å². The Morgan fingerprint density at radius 1 is 1.52 bits per heavy atom. The maximum Gasteiger partial charge on any atom is 0.305 e. The van der Waals surface area contributed by atoms with Gasteiger partial charge in [0.1, 0.15) is 11.4 Å². The van der Waals surface area contributed by atoms with Crippen molar-refractivity contribution in [2.24, 2.45) is 5.92 Å². The van der Waals surface area contributed by atoms with Gasteiger partial charge < -0.3 is 9.64 Å². The van der Waals surface area contributed by atoms with Crippen LogP contribution in [-0.2, 0) is 4.74 Å². The highest BCUT2D eigenvalue weighted by Crippen LogP contribution is 2.26. The van der Waals surface area contributed by atoms with Gasteiger partial charge in [0.15, 0.2) is 0 Å². The first-order chi connectivity index (χ1) is 9.95. The number of nitro groups is 1. The molecule has 0 N–H and O–H groups in total. The summed E-state index contributed by atoms with van der Waals surface area (Å²) in [6.07, 6.45) is 0.664. The molecule has 1 amide bonds. The molecule has 1 aliphatic rings. The molecule has 1 fully saturated rings. The largest absolute Gasteiger partial charge is 0.384 e. The van der Waals surface area contributed by atoms with Crippen molar-refractivity contribution in [1.82, 2.24) is 4.90 Å². The number of likely N-dealkylation sites (tertiary alicyclic amines) is 1. The smallest absolute Gasteiger partial charge is 0.305 e. The normalized spacial score (nSPS) is 18.0. The summed E-state index contributed by atoms with van der Waals surface area (Å²) in [5.41, 5.74) is -1.78. The molecule has 0 aliphatic carbocycles. The Hall–Kier alpha value is -2.09. The average Bonchev–Trinajstić information content (AvgIpc) is 2.87. The van der Waals surface area contributed by atoms with Gasteiger partial charge in [-0.15, -0.1) is 0 Å². The van der Waals surface area contributed by atoms with Crippen LogP contribution in [-0.4, -0.2) is 42.5 Å². The topological polar surface area (TPSA) is 72.7 Å². The van der Waals surface area contributed by atoms with Gasteiger partial charge in [-0.2, -0.15) is 4.39 Å². The molecular weight excluding hydrogens is 286 g/mol. The second-order valence-electron chi connectivity index (χ2n) is 4.87. The first kappa shape index (κ1) is 15.3. The molecule has 1 aromatic rings. The molecule has 1 atom stereocenters. The van der Waals surface area contributed by atoms with Crippen molar-refractivity contribution in [2.45, 2.75) is 6.42 Å². The molecule has 0 aromatic heterocycles. The summed E-state index contributed by atoms with van der Waals surface area (Å²) in [6, 6.07) is 1.44. The van der Waals surface area contributed by atoms with Crippen LogP contribution in [0.15, 0.2) is 12.1 Å². The zero-order valence-corrected chi connectivity index (χ0v) is 11.3. The van der Waals surface area contributed by atoms with Crippen molar-refractivity contribution < 1.29 is 23.2 Å². The third kappa shape index (κ3) is 2.99. The highest BCUT2D eigenvalue weighted by Gasteiger charge is 2.33. The number of nitro benzene ring substituents is 1. The molecule has 8 heteroatoms. The third-order valence-electron chi connectivity index (χ3n) is 3.46. The summed E-state index contributed by atoms with van der Waals surface area (Å²) in [6.45, 7) is 1.10. The van der Waals surface area contributed by atoms with Crippen LogP contribution >= 0.6 is 0 Å². The lowest BCUT2D eigenvalue weighted by Crippen LogP contribution is -2.31. The summed E-state index contributed by atoms with van der Waals surface area (Å²) < 4.78 is 32.7. The van der Waals surface area contributed by atoms with Crippen molar-refractivity contribution >= 4 is 11.6 Å². The lowest BCUT2D eigenvalue weighted by molar-refractivity contribution is -0.387. The standard InChI is InChI=1S/C13H14F2N2O4/c1-21-7-8-4-5-16(6-8)13(18)11-9(14)2-3-10(12(11)15)17(19)20/h2-3,8H,4-7H2,1H3. The van der Waals surface area contributed by atoms with Crippen LogP contribution in [0, 0.1) is 27.7 Å². The van der Waals surface area contributed by atoms with E-state index in [0.29, 0.717) is 32.2 Å². The maximum atomic E-state index is 14.0. The predicted molar refractivity (Wildman–Crippen MR) is 68.9 cm³/mol. The van der Waals surface area contributed by atoms with Crippen LogP contribution in [0.1, 0.15) is 16.8 Å². The minimum absolute atomic E-state index is 0.101. The van der Waals surface area contributed by atoms with Crippen molar-refractivity contribution in [1.29, 1.82) is 0 Å². The number of rotatable bonds is 4. The molecule has 6 nitrogen and oxygen atoms in total. The monoisotopic (exact) mass is 300 g/mol. The number of benzene rings is 1. The SMILES string of the molecule is COCC1CCN(C(=O)c2c(F)ccc([N+](=O)[O-])c2F)C1. The van der Waals surface area contributed by atoms with E-state index in [2.05, 4.69) is 0 Å². The number of hydrogen-bond donors (Lipinski definition) is 0. The van der Waals surface area contributed by atoms with E-state index >= 15 is 0 Å². The fraction of sp³-hybridized carbons (Fsp3) is 0.462. The summed E-state index contributed by atoms with van der Waals surface area (Å²) in [4.78, 5) is 23.2. The number of amides is 1. The van der Waals surface area contributed by atoms with Crippen molar-refractivity contribution in [3.05, 3.63) is 39.4 Å². The molecule has 1 unspecified atom stereocenters. The number of halogens is 2. The maximum absolute atomic E-state index is 14.0. The Morgan fingerprint density at radius 3 is 2.86 bits per heavy atom. The molecule has 0 bridgehead atoms. The number of nitrogens with zero attached hydrogens (tertiary/aromatic N) is 2. The van der Waals surface area contributed by atoms with E-state index in [0.717, 1.165) is 6.07 Å². The number of carbonyl (C=O) groups is 1. The molecule has 0 radical (unpaired) electrons. The number of ether oxygens (including phenoxy) is 1. The molecule has 1 aromatic carbocycles. The van der Waals surface area contributed by atoms with E-state index in [4.69, 9.17) is 4.74 Å². The second kappa shape index (κ2) is 6.13. The Morgan fingerprint density at radius 2 is 2.24 bits per heavy atom. The number of hydrogen-bond acceptors (Lipinski definition) is 4. The summed E-state index contributed by atoms with van der Waals surface area (Å²) in [7, 11) is 1.53. The summed E-state index contributed by atoms with van der Waals surface area (Å²) >= 11 is 0. The van der Waals surface area contributed by atoms with Crippen molar-refractivity contribution in [3.63, 3.8) is 0 Å². The number of methoxy groups -OCH3 is 1. The Kier molecular flexibility index (Phi) is 4.46. The minimum atomic E-state index is -1.43. The molecule has 114 valence electrons. The second-order valence-corrected chi connectivity index (χ2v) is 4.87. The van der Waals surface area contributed by atoms with Crippen LogP contribution < -0.4 is 0 Å². The summed E-state index contributed by atoms with van der Waals surface area (Å²) in [5, 5.41) is 10.7.